The van der Waals surface area contributed by atoms with Crippen LogP contribution in [0.3, 0.4) is 0 Å². The highest BCUT2D eigenvalue weighted by atomic mass is 32.1. The zero-order valence-corrected chi connectivity index (χ0v) is 6.13. The molecule has 1 aromatic rings. The fourth-order valence-electron chi connectivity index (χ4n) is 0.400. The molecule has 9 heavy (non-hydrogen) atoms. The van der Waals surface area contributed by atoms with E-state index in [0.29, 0.717) is 15.0 Å². The third-order valence-corrected chi connectivity index (χ3v) is 1.92. The first-order valence-electron chi connectivity index (χ1n) is 2.21. The second kappa shape index (κ2) is 2.28. The van der Waals surface area contributed by atoms with Gasteiger partial charge in [0.25, 0.3) is 0 Å². The molecule has 0 fully saturated rings. The minimum absolute atomic E-state index is 0.303. The van der Waals surface area contributed by atoms with Crippen molar-refractivity contribution in [2.75, 3.05) is 5.73 Å². The predicted octanol–water partition coefficient (Wildman–Crippen LogP) is 0.360. The van der Waals surface area contributed by atoms with Crippen molar-refractivity contribution in [1.82, 2.24) is 4.98 Å². The lowest BCUT2D eigenvalue weighted by atomic mass is 10.7. The Labute approximate surface area is 61.7 Å². The molecule has 0 aromatic carbocycles. The van der Waals surface area contributed by atoms with Crippen LogP contribution < -0.4 is 11.5 Å². The number of rotatable bonds is 1. The number of hydrogen-bond donors (Lipinski definition) is 2. The summed E-state index contributed by atoms with van der Waals surface area (Å²) in [6, 6.07) is 0. The SMILES string of the molecule is NC(=S)c1ncc(N)s1. The second-order valence-electron chi connectivity index (χ2n) is 1.43. The number of thiazole rings is 1. The van der Waals surface area contributed by atoms with E-state index >= 15 is 0 Å². The molecule has 0 unspecified atom stereocenters. The van der Waals surface area contributed by atoms with Crippen LogP contribution in [0.5, 0.6) is 0 Å². The highest BCUT2D eigenvalue weighted by molar-refractivity contribution is 7.81. The van der Waals surface area contributed by atoms with Gasteiger partial charge in [0.2, 0.25) is 0 Å². The summed E-state index contributed by atoms with van der Waals surface area (Å²) in [6.07, 6.45) is 1.54. The molecule has 0 spiro atoms. The van der Waals surface area contributed by atoms with Gasteiger partial charge in [0.05, 0.1) is 6.20 Å². The van der Waals surface area contributed by atoms with E-state index < -0.39 is 0 Å². The average Bonchev–Trinajstić information content (AvgIpc) is 2.14. The van der Waals surface area contributed by atoms with Crippen molar-refractivity contribution in [1.29, 1.82) is 0 Å². The van der Waals surface area contributed by atoms with Crippen LogP contribution >= 0.6 is 23.6 Å². The van der Waals surface area contributed by atoms with Gasteiger partial charge in [0, 0.05) is 0 Å². The van der Waals surface area contributed by atoms with E-state index in [2.05, 4.69) is 17.2 Å². The van der Waals surface area contributed by atoms with Crippen LogP contribution in [0, 0.1) is 0 Å². The molecule has 5 heteroatoms. The molecule has 1 aromatic heterocycles. The molecule has 0 saturated carbocycles. The lowest BCUT2D eigenvalue weighted by Gasteiger charge is -1.83. The largest absolute Gasteiger partial charge is 0.389 e. The molecule has 0 aliphatic carbocycles. The lowest BCUT2D eigenvalue weighted by molar-refractivity contribution is 1.39. The number of hydrogen-bond acceptors (Lipinski definition) is 4. The maximum atomic E-state index is 5.36. The Kier molecular flexibility index (Phi) is 1.63. The summed E-state index contributed by atoms with van der Waals surface area (Å²) in [4.78, 5) is 4.15. The molecular weight excluding hydrogens is 154 g/mol. The summed E-state index contributed by atoms with van der Waals surface area (Å²) in [6.45, 7) is 0. The fourth-order valence-corrected chi connectivity index (χ4v) is 1.11. The Morgan fingerprint density at radius 3 is 2.67 bits per heavy atom. The topological polar surface area (TPSA) is 64.9 Å². The fraction of sp³-hybridized carbons (Fsp3) is 0. The number of nitrogen functional groups attached to an aromatic ring is 1. The number of nitrogens with zero attached hydrogens (tertiary/aromatic N) is 1. The second-order valence-corrected chi connectivity index (χ2v) is 2.93. The van der Waals surface area contributed by atoms with Gasteiger partial charge in [-0.25, -0.2) is 4.98 Å². The van der Waals surface area contributed by atoms with E-state index in [1.807, 2.05) is 0 Å². The molecular formula is C4H5N3S2. The van der Waals surface area contributed by atoms with Gasteiger partial charge in [-0.3, -0.25) is 0 Å². The molecule has 3 nitrogen and oxygen atoms in total. The Hall–Kier alpha value is -0.680. The van der Waals surface area contributed by atoms with E-state index in [4.69, 9.17) is 11.5 Å². The van der Waals surface area contributed by atoms with E-state index in [9.17, 15) is 0 Å². The van der Waals surface area contributed by atoms with Crippen LogP contribution in [0.4, 0.5) is 5.00 Å². The van der Waals surface area contributed by atoms with Crippen molar-refractivity contribution in [2.45, 2.75) is 0 Å². The number of thiocarbonyl (C=S) groups is 1. The Balaban J connectivity index is 2.98. The molecule has 0 amide bonds. The van der Waals surface area contributed by atoms with Crippen molar-refractivity contribution in [3.8, 4) is 0 Å². The quantitative estimate of drug-likeness (QED) is 0.581. The highest BCUT2D eigenvalue weighted by Gasteiger charge is 1.99. The van der Waals surface area contributed by atoms with Gasteiger partial charge in [0.15, 0.2) is 5.01 Å². The highest BCUT2D eigenvalue weighted by Crippen LogP contribution is 2.13. The summed E-state index contributed by atoms with van der Waals surface area (Å²) in [5.41, 5.74) is 10.6. The Bertz CT molecular complexity index is 229. The molecule has 0 atom stereocenters. The summed E-state index contributed by atoms with van der Waals surface area (Å²) >= 11 is 5.94. The summed E-state index contributed by atoms with van der Waals surface area (Å²) in [7, 11) is 0. The first-order chi connectivity index (χ1) is 4.20. The molecule has 48 valence electrons. The minimum atomic E-state index is 0.303. The van der Waals surface area contributed by atoms with Gasteiger partial charge in [-0.2, -0.15) is 0 Å². The normalized spacial score (nSPS) is 9.33. The van der Waals surface area contributed by atoms with E-state index in [1.165, 1.54) is 11.3 Å². The van der Waals surface area contributed by atoms with Gasteiger partial charge in [0.1, 0.15) is 9.99 Å². The zero-order chi connectivity index (χ0) is 6.85. The van der Waals surface area contributed by atoms with Gasteiger partial charge in [-0.05, 0) is 0 Å². The smallest absolute Gasteiger partial charge is 0.152 e. The van der Waals surface area contributed by atoms with Gasteiger partial charge in [-0.1, -0.05) is 23.6 Å². The van der Waals surface area contributed by atoms with Crippen molar-refractivity contribution in [3.63, 3.8) is 0 Å². The van der Waals surface area contributed by atoms with Crippen LogP contribution in [0.25, 0.3) is 0 Å². The number of anilines is 1. The number of nitrogens with two attached hydrogens (primary N) is 2. The van der Waals surface area contributed by atoms with E-state index in [-0.39, 0.29) is 0 Å². The Morgan fingerprint density at radius 1 is 1.78 bits per heavy atom. The zero-order valence-electron chi connectivity index (χ0n) is 4.50. The van der Waals surface area contributed by atoms with Crippen molar-refractivity contribution in [3.05, 3.63) is 11.2 Å². The first-order valence-corrected chi connectivity index (χ1v) is 3.43. The van der Waals surface area contributed by atoms with E-state index in [1.54, 1.807) is 6.20 Å². The molecule has 0 aliphatic heterocycles. The first kappa shape index (κ1) is 6.44. The third kappa shape index (κ3) is 1.36. The molecule has 0 aliphatic rings. The molecule has 0 radical (unpaired) electrons. The standard InChI is InChI=1S/C4H5N3S2/c5-2-1-7-4(9-2)3(6)8/h1H,5H2,(H2,6,8). The van der Waals surface area contributed by atoms with Gasteiger partial charge < -0.3 is 11.5 Å². The van der Waals surface area contributed by atoms with E-state index in [0.717, 1.165) is 0 Å². The molecule has 4 N–H and O–H groups in total. The monoisotopic (exact) mass is 159 g/mol. The lowest BCUT2D eigenvalue weighted by Crippen LogP contribution is -2.07. The summed E-state index contributed by atoms with van der Waals surface area (Å²) < 4.78 is 0. The Morgan fingerprint density at radius 2 is 2.44 bits per heavy atom. The maximum Gasteiger partial charge on any atom is 0.152 e. The molecule has 1 rings (SSSR count). The minimum Gasteiger partial charge on any atom is -0.389 e. The maximum absolute atomic E-state index is 5.36. The van der Waals surface area contributed by atoms with Crippen molar-refractivity contribution < 1.29 is 0 Å². The van der Waals surface area contributed by atoms with Crippen molar-refractivity contribution in [2.24, 2.45) is 5.73 Å². The van der Waals surface area contributed by atoms with Crippen LogP contribution in [0.1, 0.15) is 5.01 Å². The molecule has 0 bridgehead atoms. The molecule has 0 saturated heterocycles. The van der Waals surface area contributed by atoms with Crippen molar-refractivity contribution >= 4 is 33.5 Å². The third-order valence-electron chi connectivity index (χ3n) is 0.734. The predicted molar refractivity (Wildman–Crippen MR) is 42.4 cm³/mol. The summed E-state index contributed by atoms with van der Waals surface area (Å²) in [5.74, 6) is 0. The van der Waals surface area contributed by atoms with Crippen LogP contribution in [0.2, 0.25) is 0 Å². The van der Waals surface area contributed by atoms with Gasteiger partial charge >= 0.3 is 0 Å². The van der Waals surface area contributed by atoms with Gasteiger partial charge in [-0.15, -0.1) is 0 Å². The average molecular weight is 159 g/mol. The molecule has 1 heterocycles. The van der Waals surface area contributed by atoms with Crippen LogP contribution in [0.15, 0.2) is 6.20 Å². The van der Waals surface area contributed by atoms with Crippen LogP contribution in [-0.4, -0.2) is 9.97 Å². The summed E-state index contributed by atoms with van der Waals surface area (Å²) in [5, 5.41) is 1.26. The number of aromatic nitrogens is 1. The van der Waals surface area contributed by atoms with Crippen LogP contribution in [-0.2, 0) is 0 Å².